The van der Waals surface area contributed by atoms with Crippen LogP contribution in [0.5, 0.6) is 5.75 Å². The largest absolute Gasteiger partial charge is 0.490 e. The lowest BCUT2D eigenvalue weighted by atomic mass is 10.1. The van der Waals surface area contributed by atoms with Crippen molar-refractivity contribution >= 4 is 16.9 Å². The molecule has 1 heterocycles. The average Bonchev–Trinajstić information content (AvgIpc) is 2.73. The van der Waals surface area contributed by atoms with Crippen molar-refractivity contribution in [2.24, 2.45) is 0 Å². The Morgan fingerprint density at radius 3 is 2.75 bits per heavy atom. The van der Waals surface area contributed by atoms with Crippen LogP contribution in [0.25, 0.3) is 10.9 Å². The van der Waals surface area contributed by atoms with E-state index in [2.05, 4.69) is 4.98 Å². The fourth-order valence-corrected chi connectivity index (χ4v) is 2.07. The minimum Gasteiger partial charge on any atom is -0.490 e. The Labute approximate surface area is 118 Å². The summed E-state index contributed by atoms with van der Waals surface area (Å²) in [6.45, 7) is 6.43. The predicted octanol–water partition coefficient (Wildman–Crippen LogP) is 3.61. The monoisotopic (exact) mass is 273 g/mol. The van der Waals surface area contributed by atoms with Gasteiger partial charge in [-0.05, 0) is 45.0 Å². The first-order chi connectivity index (χ1) is 9.52. The van der Waals surface area contributed by atoms with Gasteiger partial charge in [-0.3, -0.25) is 0 Å². The lowest BCUT2D eigenvalue weighted by molar-refractivity contribution is 0.0602. The molecule has 0 amide bonds. The van der Waals surface area contributed by atoms with Crippen LogP contribution in [0.4, 0.5) is 0 Å². The molecule has 0 saturated heterocycles. The number of hydrogen-bond acceptors (Lipinski definition) is 3. The molecule has 0 atom stereocenters. The summed E-state index contributed by atoms with van der Waals surface area (Å²) in [6.07, 6.45) is 2.01. The standard InChI is InChI=1S/C16H19NO3/c1-10(2)7-8-20-12-5-6-14-13(9-12)15(11(3)17-14)16(18)19-4/h5-7,9,17H,8H2,1-4H3. The predicted molar refractivity (Wildman–Crippen MR) is 79.3 cm³/mol. The number of aromatic nitrogens is 1. The first kappa shape index (κ1) is 14.2. The SMILES string of the molecule is COC(=O)c1c(C)[nH]c2ccc(OCC=C(C)C)cc12. The van der Waals surface area contributed by atoms with Crippen LogP contribution in [0, 0.1) is 6.92 Å². The van der Waals surface area contributed by atoms with E-state index in [9.17, 15) is 4.79 Å². The fourth-order valence-electron chi connectivity index (χ4n) is 2.07. The molecular formula is C16H19NO3. The zero-order valence-corrected chi connectivity index (χ0v) is 12.2. The molecule has 0 aliphatic carbocycles. The van der Waals surface area contributed by atoms with Crippen molar-refractivity contribution in [2.45, 2.75) is 20.8 Å². The Balaban J connectivity index is 2.37. The van der Waals surface area contributed by atoms with Gasteiger partial charge in [-0.1, -0.05) is 5.57 Å². The average molecular weight is 273 g/mol. The number of esters is 1. The van der Waals surface area contributed by atoms with Gasteiger partial charge in [0.05, 0.1) is 12.7 Å². The molecule has 4 heteroatoms. The zero-order valence-electron chi connectivity index (χ0n) is 12.2. The van der Waals surface area contributed by atoms with E-state index in [0.717, 1.165) is 22.3 Å². The maximum atomic E-state index is 11.8. The highest BCUT2D eigenvalue weighted by Crippen LogP contribution is 2.27. The summed E-state index contributed by atoms with van der Waals surface area (Å²) in [5.41, 5.74) is 3.47. The van der Waals surface area contributed by atoms with Crippen molar-refractivity contribution in [2.75, 3.05) is 13.7 Å². The third-order valence-corrected chi connectivity index (χ3v) is 3.09. The van der Waals surface area contributed by atoms with Crippen LogP contribution in [0.2, 0.25) is 0 Å². The number of H-pyrrole nitrogens is 1. The number of rotatable bonds is 4. The van der Waals surface area contributed by atoms with Crippen LogP contribution in [0.1, 0.15) is 29.9 Å². The Hall–Kier alpha value is -2.23. The Bertz CT molecular complexity index is 664. The molecule has 1 aromatic carbocycles. The van der Waals surface area contributed by atoms with E-state index in [1.165, 1.54) is 12.7 Å². The number of aryl methyl sites for hydroxylation is 1. The van der Waals surface area contributed by atoms with Crippen molar-refractivity contribution in [1.29, 1.82) is 0 Å². The third kappa shape index (κ3) is 2.85. The number of carbonyl (C=O) groups is 1. The first-order valence-corrected chi connectivity index (χ1v) is 6.49. The maximum Gasteiger partial charge on any atom is 0.340 e. The summed E-state index contributed by atoms with van der Waals surface area (Å²) in [4.78, 5) is 15.0. The van der Waals surface area contributed by atoms with Crippen LogP contribution in [0.15, 0.2) is 29.8 Å². The maximum absolute atomic E-state index is 11.8. The summed E-state index contributed by atoms with van der Waals surface area (Å²) in [6, 6.07) is 5.66. The van der Waals surface area contributed by atoms with Gasteiger partial charge in [0.1, 0.15) is 12.4 Å². The van der Waals surface area contributed by atoms with Crippen molar-refractivity contribution in [3.63, 3.8) is 0 Å². The highest BCUT2D eigenvalue weighted by Gasteiger charge is 2.16. The Morgan fingerprint density at radius 2 is 2.10 bits per heavy atom. The number of allylic oxidation sites excluding steroid dienone is 1. The molecule has 2 aromatic rings. The fraction of sp³-hybridized carbons (Fsp3) is 0.312. The quantitative estimate of drug-likeness (QED) is 0.684. The molecule has 0 unspecified atom stereocenters. The number of aromatic amines is 1. The zero-order chi connectivity index (χ0) is 14.7. The summed E-state index contributed by atoms with van der Waals surface area (Å²) >= 11 is 0. The molecule has 0 bridgehead atoms. The number of fused-ring (bicyclic) bond motifs is 1. The lowest BCUT2D eigenvalue weighted by Gasteiger charge is -2.04. The molecule has 0 saturated carbocycles. The normalized spacial score (nSPS) is 10.4. The van der Waals surface area contributed by atoms with Crippen LogP contribution >= 0.6 is 0 Å². The second kappa shape index (κ2) is 5.82. The molecule has 2 rings (SSSR count). The molecule has 0 aliphatic heterocycles. The molecule has 0 spiro atoms. The summed E-state index contributed by atoms with van der Waals surface area (Å²) < 4.78 is 10.5. The molecule has 4 nitrogen and oxygen atoms in total. The van der Waals surface area contributed by atoms with Gasteiger partial charge in [-0.2, -0.15) is 0 Å². The van der Waals surface area contributed by atoms with Crippen molar-refractivity contribution < 1.29 is 14.3 Å². The number of hydrogen-bond donors (Lipinski definition) is 1. The minimum absolute atomic E-state index is 0.338. The van der Waals surface area contributed by atoms with E-state index in [-0.39, 0.29) is 5.97 Å². The van der Waals surface area contributed by atoms with E-state index in [1.54, 1.807) is 0 Å². The van der Waals surface area contributed by atoms with Crippen LogP contribution in [-0.4, -0.2) is 24.7 Å². The van der Waals surface area contributed by atoms with Gasteiger partial charge >= 0.3 is 5.97 Å². The van der Waals surface area contributed by atoms with Gasteiger partial charge in [-0.25, -0.2) is 4.79 Å². The van der Waals surface area contributed by atoms with E-state index in [1.807, 2.05) is 45.0 Å². The second-order valence-electron chi connectivity index (χ2n) is 4.92. The molecule has 0 fully saturated rings. The van der Waals surface area contributed by atoms with Gasteiger partial charge in [0, 0.05) is 16.6 Å². The number of methoxy groups -OCH3 is 1. The Kier molecular flexibility index (Phi) is 4.13. The van der Waals surface area contributed by atoms with E-state index in [4.69, 9.17) is 9.47 Å². The molecular weight excluding hydrogens is 254 g/mol. The van der Waals surface area contributed by atoms with Gasteiger partial charge in [0.25, 0.3) is 0 Å². The molecule has 1 N–H and O–H groups in total. The topological polar surface area (TPSA) is 51.3 Å². The van der Waals surface area contributed by atoms with Crippen molar-refractivity contribution in [3.8, 4) is 5.75 Å². The molecule has 20 heavy (non-hydrogen) atoms. The van der Waals surface area contributed by atoms with Crippen LogP contribution < -0.4 is 4.74 Å². The van der Waals surface area contributed by atoms with E-state index in [0.29, 0.717) is 12.2 Å². The van der Waals surface area contributed by atoms with Gasteiger partial charge in [0.2, 0.25) is 0 Å². The van der Waals surface area contributed by atoms with Crippen LogP contribution in [0.3, 0.4) is 0 Å². The summed E-state index contributed by atoms with van der Waals surface area (Å²) in [5.74, 6) is 0.398. The number of benzene rings is 1. The molecule has 0 aliphatic rings. The highest BCUT2D eigenvalue weighted by molar-refractivity contribution is 6.05. The molecule has 1 aromatic heterocycles. The third-order valence-electron chi connectivity index (χ3n) is 3.09. The lowest BCUT2D eigenvalue weighted by Crippen LogP contribution is -2.02. The first-order valence-electron chi connectivity index (χ1n) is 6.49. The van der Waals surface area contributed by atoms with Gasteiger partial charge in [0.15, 0.2) is 0 Å². The van der Waals surface area contributed by atoms with Gasteiger partial charge < -0.3 is 14.5 Å². The number of ether oxygens (including phenoxy) is 2. The molecule has 0 radical (unpaired) electrons. The number of nitrogens with one attached hydrogen (secondary N) is 1. The van der Waals surface area contributed by atoms with Gasteiger partial charge in [-0.15, -0.1) is 0 Å². The molecule has 106 valence electrons. The van der Waals surface area contributed by atoms with E-state index >= 15 is 0 Å². The summed E-state index contributed by atoms with van der Waals surface area (Å²) in [5, 5.41) is 0.823. The summed E-state index contributed by atoms with van der Waals surface area (Å²) in [7, 11) is 1.38. The second-order valence-corrected chi connectivity index (χ2v) is 4.92. The van der Waals surface area contributed by atoms with E-state index < -0.39 is 0 Å². The number of carbonyl (C=O) groups excluding carboxylic acids is 1. The Morgan fingerprint density at radius 1 is 1.35 bits per heavy atom. The van der Waals surface area contributed by atoms with Crippen molar-refractivity contribution in [1.82, 2.24) is 4.98 Å². The van der Waals surface area contributed by atoms with Crippen LogP contribution in [-0.2, 0) is 4.74 Å². The minimum atomic E-state index is -0.338. The highest BCUT2D eigenvalue weighted by atomic mass is 16.5. The van der Waals surface area contributed by atoms with Crippen molar-refractivity contribution in [3.05, 3.63) is 41.1 Å². The smallest absolute Gasteiger partial charge is 0.340 e.